The van der Waals surface area contributed by atoms with Gasteiger partial charge in [0.25, 0.3) is 0 Å². The second-order valence-electron chi connectivity index (χ2n) is 19.4. The molecule has 1 heterocycles. The third-order valence-electron chi connectivity index (χ3n) is 8.65. The van der Waals surface area contributed by atoms with Crippen LogP contribution < -0.4 is 4.74 Å². The zero-order valence-corrected chi connectivity index (χ0v) is 37.3. The molecule has 0 aromatic heterocycles. The smallest absolute Gasteiger partial charge is 0.320 e. The van der Waals surface area contributed by atoms with E-state index in [1.165, 1.54) is 0 Å². The molecule has 1 aromatic rings. The molecule has 1 aromatic carbocycles. The molecule has 342 valence electrons. The molecule has 1 fully saturated rings. The Labute approximate surface area is 351 Å². The molecule has 18 heteroatoms. The Morgan fingerprint density at radius 1 is 0.517 bits per heavy atom. The van der Waals surface area contributed by atoms with Crippen molar-refractivity contribution in [3.8, 4) is 5.75 Å². The summed E-state index contributed by atoms with van der Waals surface area (Å²) in [5.74, 6) is -16.4. The largest absolute Gasteiger partial charge is 0.459 e. The molecule has 0 radical (unpaired) electrons. The normalized spacial score (nSPS) is 17.6. The first-order valence-electron chi connectivity index (χ1n) is 20.1. The lowest BCUT2D eigenvalue weighted by atomic mass is 9.89. The van der Waals surface area contributed by atoms with Crippen molar-refractivity contribution in [1.29, 1.82) is 0 Å². The van der Waals surface area contributed by atoms with Gasteiger partial charge in [0.2, 0.25) is 34.8 Å². The van der Waals surface area contributed by atoms with Crippen LogP contribution in [0.3, 0.4) is 0 Å². The summed E-state index contributed by atoms with van der Waals surface area (Å²) in [7, 11) is 0. The van der Waals surface area contributed by atoms with E-state index in [-0.39, 0.29) is 90.6 Å². The predicted molar refractivity (Wildman–Crippen MR) is 212 cm³/mol. The van der Waals surface area contributed by atoms with Crippen LogP contribution in [0.2, 0.25) is 0 Å². The molecular weight excluding hydrogens is 799 g/mol. The summed E-state index contributed by atoms with van der Waals surface area (Å²) in [5.41, 5.74) is -2.80. The SMILES string of the molecule is CC(C)(C)CC(=O)CN1CCN(CC(=O)OC(C)(C)C)CCN(CC(=O)OC(C)(C)C)CCN(CC(=O)OC(C)(C)C)CC1CCC(=O)Oc1c(F)c(F)c(F)c(F)c1F. The first-order valence-corrected chi connectivity index (χ1v) is 20.1. The van der Waals surface area contributed by atoms with Crippen LogP contribution in [0, 0.1) is 34.5 Å². The predicted octanol–water partition coefficient (Wildman–Crippen LogP) is 5.69. The molecule has 1 atom stereocenters. The van der Waals surface area contributed by atoms with E-state index in [0.29, 0.717) is 0 Å². The number of hydrogen-bond acceptors (Lipinski definition) is 13. The standard InChI is InChI=1S/C42H65F5N4O9/c1-39(2,3)21-28(52)23-51-20-19-49(25-31(55)59-41(7,8)9)16-15-48(24-30(54)58-40(4,5)6)17-18-50(26-32(56)60-42(10,11)12)22-27(51)13-14-29(53)57-38-36(46)34(44)33(43)35(45)37(38)47/h27H,13-26H2,1-12H3. The monoisotopic (exact) mass is 864 g/mol. The minimum absolute atomic E-state index is 0.00416. The number of ketones is 1. The molecule has 0 spiro atoms. The van der Waals surface area contributed by atoms with Gasteiger partial charge in [0.05, 0.1) is 26.2 Å². The molecule has 1 unspecified atom stereocenters. The highest BCUT2D eigenvalue weighted by molar-refractivity contribution is 5.81. The minimum Gasteiger partial charge on any atom is -0.459 e. The van der Waals surface area contributed by atoms with Gasteiger partial charge < -0.3 is 18.9 Å². The molecule has 2 rings (SSSR count). The molecule has 13 nitrogen and oxygen atoms in total. The van der Waals surface area contributed by atoms with Gasteiger partial charge >= 0.3 is 23.9 Å². The average Bonchev–Trinajstić information content (AvgIpc) is 3.05. The maximum absolute atomic E-state index is 14.5. The molecule has 1 saturated heterocycles. The fraction of sp³-hybridized carbons (Fsp3) is 0.738. The number of carbonyl (C=O) groups excluding carboxylic acids is 5. The maximum atomic E-state index is 14.5. The summed E-state index contributed by atoms with van der Waals surface area (Å²) in [6.07, 6.45) is -0.613. The van der Waals surface area contributed by atoms with Gasteiger partial charge in [-0.3, -0.25) is 43.6 Å². The van der Waals surface area contributed by atoms with Crippen molar-refractivity contribution in [3.63, 3.8) is 0 Å². The maximum Gasteiger partial charge on any atom is 0.320 e. The summed E-state index contributed by atoms with van der Waals surface area (Å²) in [6, 6.07) is -0.776. The summed E-state index contributed by atoms with van der Waals surface area (Å²) in [5, 5.41) is 0. The number of ether oxygens (including phenoxy) is 4. The Morgan fingerprint density at radius 3 is 1.28 bits per heavy atom. The number of benzene rings is 1. The van der Waals surface area contributed by atoms with Crippen LogP contribution in [0.15, 0.2) is 0 Å². The van der Waals surface area contributed by atoms with Crippen molar-refractivity contribution in [2.45, 2.75) is 125 Å². The Hall–Kier alpha value is -3.74. The molecule has 1 aliphatic rings. The second-order valence-corrected chi connectivity index (χ2v) is 19.4. The number of carbonyl (C=O) groups is 5. The first kappa shape index (κ1) is 52.4. The second kappa shape index (κ2) is 21.9. The van der Waals surface area contributed by atoms with E-state index in [0.717, 1.165) is 0 Å². The van der Waals surface area contributed by atoms with Gasteiger partial charge in [0.1, 0.15) is 22.6 Å². The van der Waals surface area contributed by atoms with Crippen LogP contribution in [0.4, 0.5) is 22.0 Å². The first-order chi connectivity index (χ1) is 27.3. The lowest BCUT2D eigenvalue weighted by Crippen LogP contribution is -2.53. The number of rotatable bonds is 13. The van der Waals surface area contributed by atoms with E-state index >= 15 is 0 Å². The van der Waals surface area contributed by atoms with Gasteiger partial charge in [-0.05, 0) is 74.1 Å². The molecular formula is C42H65F5N4O9. The molecule has 60 heavy (non-hydrogen) atoms. The summed E-state index contributed by atoms with van der Waals surface area (Å²) < 4.78 is 92.1. The molecule has 0 bridgehead atoms. The van der Waals surface area contributed by atoms with E-state index in [2.05, 4.69) is 0 Å². The molecule has 1 aliphatic heterocycles. The summed E-state index contributed by atoms with van der Waals surface area (Å²) in [4.78, 5) is 73.4. The Balaban J connectivity index is 2.65. The lowest BCUT2D eigenvalue weighted by Gasteiger charge is -2.38. The lowest BCUT2D eigenvalue weighted by molar-refractivity contribution is -0.158. The number of nitrogens with zero attached hydrogens (tertiary/aromatic N) is 4. The van der Waals surface area contributed by atoms with Gasteiger partial charge in [0, 0.05) is 64.7 Å². The Bertz CT molecular complexity index is 1640. The highest BCUT2D eigenvalue weighted by Gasteiger charge is 2.33. The van der Waals surface area contributed by atoms with E-state index in [4.69, 9.17) is 18.9 Å². The zero-order valence-electron chi connectivity index (χ0n) is 37.3. The van der Waals surface area contributed by atoms with Gasteiger partial charge in [-0.1, -0.05) is 20.8 Å². The number of esters is 4. The van der Waals surface area contributed by atoms with Gasteiger partial charge in [-0.25, -0.2) is 13.2 Å². The van der Waals surface area contributed by atoms with Crippen LogP contribution in [-0.4, -0.2) is 144 Å². The molecule has 0 aliphatic carbocycles. The fourth-order valence-electron chi connectivity index (χ4n) is 6.36. The number of Topliss-reactive ketones (excluding diaryl/α,β-unsaturated/α-hetero) is 1. The quantitative estimate of drug-likeness (QED) is 0.0601. The Kier molecular flexibility index (Phi) is 19.1. The van der Waals surface area contributed by atoms with Gasteiger partial charge in [-0.15, -0.1) is 0 Å². The van der Waals surface area contributed by atoms with E-state index in [1.807, 2.05) is 30.6 Å². The minimum atomic E-state index is -2.41. The van der Waals surface area contributed by atoms with Crippen LogP contribution in [-0.2, 0) is 38.2 Å². The number of halogens is 5. The van der Waals surface area contributed by atoms with Gasteiger partial charge in [0.15, 0.2) is 0 Å². The van der Waals surface area contributed by atoms with Crippen molar-refractivity contribution in [2.24, 2.45) is 5.41 Å². The van der Waals surface area contributed by atoms with E-state index in [9.17, 15) is 45.9 Å². The zero-order chi connectivity index (χ0) is 46.0. The van der Waals surface area contributed by atoms with Crippen molar-refractivity contribution in [2.75, 3.05) is 72.0 Å². The molecule has 0 amide bonds. The average molecular weight is 865 g/mol. The molecule has 0 N–H and O–H groups in total. The van der Waals surface area contributed by atoms with Crippen LogP contribution in [0.25, 0.3) is 0 Å². The highest BCUT2D eigenvalue weighted by Crippen LogP contribution is 2.30. The molecule has 0 saturated carbocycles. The summed E-state index contributed by atoms with van der Waals surface area (Å²) in [6.45, 7) is 21.8. The third kappa shape index (κ3) is 19.8. The Morgan fingerprint density at radius 2 is 0.883 bits per heavy atom. The van der Waals surface area contributed by atoms with Crippen molar-refractivity contribution >= 4 is 29.7 Å². The van der Waals surface area contributed by atoms with Crippen molar-refractivity contribution in [3.05, 3.63) is 29.1 Å². The highest BCUT2D eigenvalue weighted by atomic mass is 19.2. The summed E-state index contributed by atoms with van der Waals surface area (Å²) >= 11 is 0. The fourth-order valence-corrected chi connectivity index (χ4v) is 6.36. The van der Waals surface area contributed by atoms with Crippen LogP contribution in [0.5, 0.6) is 5.75 Å². The third-order valence-corrected chi connectivity index (χ3v) is 8.65. The number of hydrogen-bond donors (Lipinski definition) is 0. The van der Waals surface area contributed by atoms with Crippen molar-refractivity contribution in [1.82, 2.24) is 19.6 Å². The van der Waals surface area contributed by atoms with E-state index < -0.39 is 93.4 Å². The van der Waals surface area contributed by atoms with Gasteiger partial charge in [-0.2, -0.15) is 8.78 Å². The van der Waals surface area contributed by atoms with Crippen molar-refractivity contribution < 1.29 is 64.9 Å². The van der Waals surface area contributed by atoms with Crippen LogP contribution >= 0.6 is 0 Å². The topological polar surface area (TPSA) is 135 Å². The van der Waals surface area contributed by atoms with E-state index in [1.54, 1.807) is 72.1 Å². The van der Waals surface area contributed by atoms with Crippen LogP contribution in [0.1, 0.15) is 102 Å².